The van der Waals surface area contributed by atoms with Crippen molar-refractivity contribution in [3.05, 3.63) is 48.8 Å². The Morgan fingerprint density at radius 1 is 1.32 bits per heavy atom. The molecule has 1 heterocycles. The molecule has 0 aromatic heterocycles. The topological polar surface area (TPSA) is 45.1 Å². The fourth-order valence-corrected chi connectivity index (χ4v) is 2.28. The Balaban J connectivity index is 2.22. The predicted molar refractivity (Wildman–Crippen MR) is 89.1 cm³/mol. The highest BCUT2D eigenvalue weighted by molar-refractivity contribution is 5.97. The number of hydrogen-bond acceptors (Lipinski definition) is 4. The number of carbonyl (C=O) groups excluding carboxylic acids is 1. The summed E-state index contributed by atoms with van der Waals surface area (Å²) in [7, 11) is 1.61. The van der Waals surface area contributed by atoms with Crippen molar-refractivity contribution in [1.29, 1.82) is 0 Å². The highest BCUT2D eigenvalue weighted by atomic mass is 16.5. The zero-order chi connectivity index (χ0) is 15.9. The molecule has 0 N–H and O–H groups in total. The van der Waals surface area contributed by atoms with Crippen LogP contribution >= 0.6 is 0 Å². The molecule has 0 radical (unpaired) electrons. The smallest absolute Gasteiger partial charge is 0.247 e. The average Bonchev–Trinajstić information content (AvgIpc) is 2.76. The van der Waals surface area contributed by atoms with Crippen LogP contribution in [0.5, 0.6) is 5.75 Å². The third-order valence-corrected chi connectivity index (χ3v) is 3.22. The lowest BCUT2D eigenvalue weighted by Gasteiger charge is -2.29. The van der Waals surface area contributed by atoms with Gasteiger partial charge in [0.2, 0.25) is 5.91 Å². The molecule has 0 saturated heterocycles. The summed E-state index contributed by atoms with van der Waals surface area (Å²) < 4.78 is 5.38. The third kappa shape index (κ3) is 3.75. The first kappa shape index (κ1) is 15.8. The Bertz CT molecular complexity index is 590. The second-order valence-corrected chi connectivity index (χ2v) is 5.15. The largest absolute Gasteiger partial charge is 0.495 e. The number of amides is 1. The number of nitrogens with zero attached hydrogens (tertiary/aromatic N) is 3. The van der Waals surface area contributed by atoms with Gasteiger partial charge < -0.3 is 14.5 Å². The highest BCUT2D eigenvalue weighted by Gasteiger charge is 2.23. The molecule has 2 rings (SSSR count). The average molecular weight is 299 g/mol. The van der Waals surface area contributed by atoms with Gasteiger partial charge in [0.25, 0.3) is 0 Å². The molecule has 0 spiro atoms. The van der Waals surface area contributed by atoms with Crippen molar-refractivity contribution >= 4 is 17.9 Å². The van der Waals surface area contributed by atoms with Crippen LogP contribution < -0.4 is 9.64 Å². The van der Waals surface area contributed by atoms with E-state index in [1.165, 1.54) is 0 Å². The second kappa shape index (κ2) is 7.45. The SMILES string of the molecule is COc1ccccc1N(C(=O)CN1C=CC=CN=C1)C(C)C. The van der Waals surface area contributed by atoms with Gasteiger partial charge in [-0.05, 0) is 38.1 Å². The van der Waals surface area contributed by atoms with Gasteiger partial charge in [-0.2, -0.15) is 0 Å². The molecule has 1 aromatic rings. The van der Waals surface area contributed by atoms with Crippen LogP contribution in [-0.4, -0.2) is 36.8 Å². The summed E-state index contributed by atoms with van der Waals surface area (Å²) in [6.07, 6.45) is 8.82. The molecule has 5 heteroatoms. The number of carbonyl (C=O) groups is 1. The molecule has 0 bridgehead atoms. The van der Waals surface area contributed by atoms with E-state index >= 15 is 0 Å². The Labute approximate surface area is 131 Å². The number of rotatable bonds is 5. The molecule has 0 unspecified atom stereocenters. The number of para-hydroxylation sites is 2. The van der Waals surface area contributed by atoms with Crippen LogP contribution in [-0.2, 0) is 4.79 Å². The van der Waals surface area contributed by atoms with Gasteiger partial charge in [-0.15, -0.1) is 0 Å². The number of aliphatic imine (C=N–C) groups is 1. The van der Waals surface area contributed by atoms with Gasteiger partial charge in [-0.25, -0.2) is 4.99 Å². The van der Waals surface area contributed by atoms with E-state index in [1.807, 2.05) is 56.5 Å². The Hall–Kier alpha value is -2.56. The van der Waals surface area contributed by atoms with Crippen LogP contribution in [0.4, 0.5) is 5.69 Å². The maximum Gasteiger partial charge on any atom is 0.247 e. The van der Waals surface area contributed by atoms with Crippen LogP contribution in [0.2, 0.25) is 0 Å². The standard InChI is InChI=1S/C17H21N3O2/c1-14(2)20(15-8-4-5-9-16(15)22-3)17(21)12-19-11-7-6-10-18-13-19/h4-11,13-14H,12H2,1-3H3. The van der Waals surface area contributed by atoms with Crippen molar-refractivity contribution in [2.75, 3.05) is 18.6 Å². The van der Waals surface area contributed by atoms with Crippen molar-refractivity contribution in [3.63, 3.8) is 0 Å². The Morgan fingerprint density at radius 2 is 2.09 bits per heavy atom. The monoisotopic (exact) mass is 299 g/mol. The molecule has 1 aromatic carbocycles. The first-order chi connectivity index (χ1) is 10.6. The number of allylic oxidation sites excluding steroid dienone is 2. The summed E-state index contributed by atoms with van der Waals surface area (Å²) >= 11 is 0. The molecule has 5 nitrogen and oxygen atoms in total. The summed E-state index contributed by atoms with van der Waals surface area (Å²) in [5.74, 6) is 0.670. The summed E-state index contributed by atoms with van der Waals surface area (Å²) in [5, 5.41) is 0. The second-order valence-electron chi connectivity index (χ2n) is 5.15. The molecule has 116 valence electrons. The fraction of sp³-hybridized carbons (Fsp3) is 0.294. The molecule has 0 atom stereocenters. The van der Waals surface area contributed by atoms with Gasteiger partial charge in [-0.1, -0.05) is 12.1 Å². The summed E-state index contributed by atoms with van der Waals surface area (Å²) in [6, 6.07) is 7.56. The maximum atomic E-state index is 12.7. The lowest BCUT2D eigenvalue weighted by atomic mass is 10.2. The van der Waals surface area contributed by atoms with Crippen molar-refractivity contribution < 1.29 is 9.53 Å². The first-order valence-electron chi connectivity index (χ1n) is 7.21. The van der Waals surface area contributed by atoms with Crippen LogP contribution in [0.1, 0.15) is 13.8 Å². The van der Waals surface area contributed by atoms with E-state index in [2.05, 4.69) is 4.99 Å². The maximum absolute atomic E-state index is 12.7. The molecular weight excluding hydrogens is 278 g/mol. The number of benzene rings is 1. The van der Waals surface area contributed by atoms with Crippen molar-refractivity contribution in [2.24, 2.45) is 4.99 Å². The summed E-state index contributed by atoms with van der Waals surface area (Å²) in [4.78, 5) is 20.3. The van der Waals surface area contributed by atoms with Crippen LogP contribution in [0.25, 0.3) is 0 Å². The lowest BCUT2D eigenvalue weighted by molar-refractivity contribution is -0.118. The minimum atomic E-state index is -0.0162. The normalized spacial score (nSPS) is 13.4. The number of ether oxygens (including phenoxy) is 1. The quantitative estimate of drug-likeness (QED) is 0.840. The molecule has 1 aliphatic rings. The van der Waals surface area contributed by atoms with Gasteiger partial charge in [0.1, 0.15) is 12.3 Å². The Morgan fingerprint density at radius 3 is 2.82 bits per heavy atom. The van der Waals surface area contributed by atoms with Gasteiger partial charge in [0.05, 0.1) is 19.1 Å². The molecule has 22 heavy (non-hydrogen) atoms. The van der Waals surface area contributed by atoms with Crippen LogP contribution in [0, 0.1) is 0 Å². The molecular formula is C17H21N3O2. The molecule has 1 aliphatic heterocycles. The van der Waals surface area contributed by atoms with Gasteiger partial charge in [-0.3, -0.25) is 4.79 Å². The zero-order valence-electron chi connectivity index (χ0n) is 13.1. The van der Waals surface area contributed by atoms with Crippen molar-refractivity contribution in [3.8, 4) is 5.75 Å². The first-order valence-corrected chi connectivity index (χ1v) is 7.21. The van der Waals surface area contributed by atoms with Crippen LogP contribution in [0.15, 0.2) is 53.8 Å². The van der Waals surface area contributed by atoms with Crippen LogP contribution in [0.3, 0.4) is 0 Å². The van der Waals surface area contributed by atoms with Gasteiger partial charge in [0, 0.05) is 18.4 Å². The van der Waals surface area contributed by atoms with Crippen molar-refractivity contribution in [2.45, 2.75) is 19.9 Å². The van der Waals surface area contributed by atoms with Gasteiger partial charge in [0.15, 0.2) is 0 Å². The number of anilines is 1. The van der Waals surface area contributed by atoms with E-state index in [0.29, 0.717) is 5.75 Å². The third-order valence-electron chi connectivity index (χ3n) is 3.22. The van der Waals surface area contributed by atoms with E-state index < -0.39 is 0 Å². The molecule has 1 amide bonds. The predicted octanol–water partition coefficient (Wildman–Crippen LogP) is 2.81. The fourth-order valence-electron chi connectivity index (χ4n) is 2.28. The minimum Gasteiger partial charge on any atom is -0.495 e. The number of methoxy groups -OCH3 is 1. The Kier molecular flexibility index (Phi) is 5.36. The highest BCUT2D eigenvalue weighted by Crippen LogP contribution is 2.29. The van der Waals surface area contributed by atoms with E-state index in [-0.39, 0.29) is 18.5 Å². The number of hydrogen-bond donors (Lipinski definition) is 0. The molecule has 0 saturated carbocycles. The van der Waals surface area contributed by atoms with E-state index in [1.54, 1.807) is 29.4 Å². The molecule has 0 aliphatic carbocycles. The van der Waals surface area contributed by atoms with Gasteiger partial charge >= 0.3 is 0 Å². The minimum absolute atomic E-state index is 0.0162. The van der Waals surface area contributed by atoms with E-state index in [0.717, 1.165) is 5.69 Å². The van der Waals surface area contributed by atoms with Crippen molar-refractivity contribution in [1.82, 2.24) is 4.90 Å². The van der Waals surface area contributed by atoms with E-state index in [9.17, 15) is 4.79 Å². The zero-order valence-corrected chi connectivity index (χ0v) is 13.1. The lowest BCUT2D eigenvalue weighted by Crippen LogP contribution is -2.42. The summed E-state index contributed by atoms with van der Waals surface area (Å²) in [5.41, 5.74) is 0.777. The van der Waals surface area contributed by atoms with E-state index in [4.69, 9.17) is 4.74 Å². The molecule has 0 fully saturated rings. The summed E-state index contributed by atoms with van der Waals surface area (Å²) in [6.45, 7) is 4.19.